The van der Waals surface area contributed by atoms with Crippen LogP contribution in [0.15, 0.2) is 66.0 Å². The maximum Gasteiger partial charge on any atom is 0.322 e. The Morgan fingerprint density at radius 3 is 2.51 bits per heavy atom. The number of thiophene rings is 1. The molecule has 2 aromatic carbocycles. The molecular weight excluding hydrogens is 482 g/mol. The van der Waals surface area contributed by atoms with Crippen molar-refractivity contribution in [2.24, 2.45) is 0 Å². The van der Waals surface area contributed by atoms with Crippen LogP contribution in [-0.2, 0) is 22.6 Å². The van der Waals surface area contributed by atoms with Crippen LogP contribution < -0.4 is 5.32 Å². The van der Waals surface area contributed by atoms with E-state index in [1.807, 2.05) is 47.5 Å². The highest BCUT2D eigenvalue weighted by Gasteiger charge is 2.23. The van der Waals surface area contributed by atoms with Gasteiger partial charge in [0.2, 0.25) is 5.91 Å². The average molecular weight is 514 g/mol. The van der Waals surface area contributed by atoms with E-state index in [9.17, 15) is 9.59 Å². The van der Waals surface area contributed by atoms with Crippen molar-refractivity contribution in [1.82, 2.24) is 9.80 Å². The first-order valence-electron chi connectivity index (χ1n) is 11.7. The molecule has 3 amide bonds. The van der Waals surface area contributed by atoms with Crippen molar-refractivity contribution in [3.8, 4) is 0 Å². The van der Waals surface area contributed by atoms with Crippen molar-refractivity contribution in [2.75, 3.05) is 31.6 Å². The van der Waals surface area contributed by atoms with Crippen LogP contribution in [0.25, 0.3) is 0 Å². The third-order valence-electron chi connectivity index (χ3n) is 5.48. The second-order valence-electron chi connectivity index (χ2n) is 8.17. The van der Waals surface area contributed by atoms with E-state index in [1.165, 1.54) is 0 Å². The predicted molar refractivity (Wildman–Crippen MR) is 143 cm³/mol. The summed E-state index contributed by atoms with van der Waals surface area (Å²) in [7, 11) is 0. The van der Waals surface area contributed by atoms with E-state index in [0.717, 1.165) is 16.0 Å². The Morgan fingerprint density at radius 1 is 1.03 bits per heavy atom. The first kappa shape index (κ1) is 26.7. The number of aryl methyl sites for hydroxylation is 1. The van der Waals surface area contributed by atoms with Crippen LogP contribution in [0.2, 0.25) is 5.02 Å². The molecule has 0 saturated heterocycles. The third kappa shape index (κ3) is 8.69. The van der Waals surface area contributed by atoms with E-state index >= 15 is 0 Å². The summed E-state index contributed by atoms with van der Waals surface area (Å²) in [6.45, 7) is 6.45. The summed E-state index contributed by atoms with van der Waals surface area (Å²) in [6, 6.07) is 18.6. The summed E-state index contributed by atoms with van der Waals surface area (Å²) >= 11 is 7.71. The summed E-state index contributed by atoms with van der Waals surface area (Å²) in [4.78, 5) is 31.2. The molecule has 0 aliphatic rings. The van der Waals surface area contributed by atoms with Crippen molar-refractivity contribution in [3.63, 3.8) is 0 Å². The number of rotatable bonds is 12. The SMILES string of the molecule is CCOCCCN(CC(=O)N(Cc1ccccc1)Cc1sccc1C)C(=O)Nc1cccc(Cl)c1. The smallest absolute Gasteiger partial charge is 0.322 e. The molecule has 0 saturated carbocycles. The van der Waals surface area contributed by atoms with E-state index in [1.54, 1.807) is 40.5 Å². The highest BCUT2D eigenvalue weighted by Crippen LogP contribution is 2.20. The summed E-state index contributed by atoms with van der Waals surface area (Å²) < 4.78 is 5.44. The Hall–Kier alpha value is -2.87. The van der Waals surface area contributed by atoms with Gasteiger partial charge in [0, 0.05) is 41.9 Å². The molecule has 0 unspecified atom stereocenters. The topological polar surface area (TPSA) is 61.9 Å². The van der Waals surface area contributed by atoms with Crippen molar-refractivity contribution < 1.29 is 14.3 Å². The van der Waals surface area contributed by atoms with Crippen molar-refractivity contribution in [1.29, 1.82) is 0 Å². The lowest BCUT2D eigenvalue weighted by Gasteiger charge is -2.28. The Morgan fingerprint density at radius 2 is 1.83 bits per heavy atom. The van der Waals surface area contributed by atoms with Gasteiger partial charge in [-0.2, -0.15) is 0 Å². The lowest BCUT2D eigenvalue weighted by atomic mass is 10.2. The number of carbonyl (C=O) groups is 2. The number of benzene rings is 2. The molecule has 0 fully saturated rings. The predicted octanol–water partition coefficient (Wildman–Crippen LogP) is 6.20. The molecule has 0 spiro atoms. The minimum Gasteiger partial charge on any atom is -0.382 e. The molecule has 1 heterocycles. The normalized spacial score (nSPS) is 10.7. The first-order valence-corrected chi connectivity index (χ1v) is 13.0. The van der Waals surface area contributed by atoms with Crippen molar-refractivity contribution in [2.45, 2.75) is 33.4 Å². The molecule has 0 aliphatic heterocycles. The molecule has 3 aromatic rings. The Labute approximate surface area is 216 Å². The van der Waals surface area contributed by atoms with E-state index in [-0.39, 0.29) is 18.5 Å². The van der Waals surface area contributed by atoms with Gasteiger partial charge in [0.1, 0.15) is 6.54 Å². The molecule has 0 aliphatic carbocycles. The van der Waals surface area contributed by atoms with Gasteiger partial charge >= 0.3 is 6.03 Å². The van der Waals surface area contributed by atoms with Crippen LogP contribution in [-0.4, -0.2) is 48.0 Å². The number of hydrogen-bond donors (Lipinski definition) is 1. The summed E-state index contributed by atoms with van der Waals surface area (Å²) in [5, 5.41) is 5.43. The molecule has 0 bridgehead atoms. The van der Waals surface area contributed by atoms with Gasteiger partial charge in [0.05, 0.1) is 6.54 Å². The van der Waals surface area contributed by atoms with Crippen LogP contribution in [0.3, 0.4) is 0 Å². The minimum absolute atomic E-state index is 0.0320. The number of halogens is 1. The lowest BCUT2D eigenvalue weighted by molar-refractivity contribution is -0.133. The number of hydrogen-bond acceptors (Lipinski definition) is 4. The quantitative estimate of drug-likeness (QED) is 0.293. The van der Waals surface area contributed by atoms with Gasteiger partial charge in [-0.05, 0) is 61.0 Å². The molecule has 1 N–H and O–H groups in total. The number of anilines is 1. The largest absolute Gasteiger partial charge is 0.382 e. The Bertz CT molecular complexity index is 1090. The summed E-state index contributed by atoms with van der Waals surface area (Å²) in [5.41, 5.74) is 2.79. The number of carbonyl (C=O) groups excluding carboxylic acids is 2. The van der Waals surface area contributed by atoms with Crippen LogP contribution in [0, 0.1) is 6.92 Å². The van der Waals surface area contributed by atoms with Gasteiger partial charge in [0.25, 0.3) is 0 Å². The zero-order chi connectivity index (χ0) is 25.0. The van der Waals surface area contributed by atoms with Gasteiger partial charge in [-0.25, -0.2) is 4.79 Å². The fourth-order valence-electron chi connectivity index (χ4n) is 3.56. The zero-order valence-electron chi connectivity index (χ0n) is 20.2. The molecule has 186 valence electrons. The first-order chi connectivity index (χ1) is 17.0. The number of urea groups is 1. The Kier molecular flexibility index (Phi) is 10.6. The second kappa shape index (κ2) is 13.9. The van der Waals surface area contributed by atoms with E-state index in [2.05, 4.69) is 18.3 Å². The number of nitrogens with zero attached hydrogens (tertiary/aromatic N) is 2. The molecule has 0 radical (unpaired) electrons. The number of amides is 3. The molecule has 1 aromatic heterocycles. The van der Waals surface area contributed by atoms with Crippen molar-refractivity contribution >= 4 is 40.6 Å². The maximum atomic E-state index is 13.6. The standard InChI is InChI=1S/C27H32ClN3O3S/c1-3-34-15-8-14-30(27(33)29-24-12-7-11-23(28)17-24)20-26(32)31(18-22-9-5-4-6-10-22)19-25-21(2)13-16-35-25/h4-7,9-13,16-17H,3,8,14-15,18-20H2,1-2H3,(H,29,33). The van der Waals surface area contributed by atoms with Crippen LogP contribution in [0.5, 0.6) is 0 Å². The molecule has 6 nitrogen and oxygen atoms in total. The molecule has 8 heteroatoms. The molecule has 0 atom stereocenters. The van der Waals surface area contributed by atoms with Gasteiger partial charge in [-0.1, -0.05) is 48.0 Å². The zero-order valence-corrected chi connectivity index (χ0v) is 21.8. The minimum atomic E-state index is -0.343. The van der Waals surface area contributed by atoms with Crippen LogP contribution in [0.4, 0.5) is 10.5 Å². The Balaban J connectivity index is 1.75. The van der Waals surface area contributed by atoms with Gasteiger partial charge in [0.15, 0.2) is 0 Å². The van der Waals surface area contributed by atoms with E-state index in [0.29, 0.717) is 50.0 Å². The summed E-state index contributed by atoms with van der Waals surface area (Å²) in [6.07, 6.45) is 0.632. The van der Waals surface area contributed by atoms with E-state index < -0.39 is 0 Å². The molecule has 3 rings (SSSR count). The molecular formula is C27H32ClN3O3S. The van der Waals surface area contributed by atoms with Crippen LogP contribution >= 0.6 is 22.9 Å². The fourth-order valence-corrected chi connectivity index (χ4v) is 4.67. The van der Waals surface area contributed by atoms with Crippen molar-refractivity contribution in [3.05, 3.63) is 87.1 Å². The fraction of sp³-hybridized carbons (Fsp3) is 0.333. The van der Waals surface area contributed by atoms with Crippen LogP contribution in [0.1, 0.15) is 29.3 Å². The number of ether oxygens (including phenoxy) is 1. The summed E-state index contributed by atoms with van der Waals surface area (Å²) in [5.74, 6) is -0.112. The van der Waals surface area contributed by atoms with Gasteiger partial charge in [-0.15, -0.1) is 11.3 Å². The average Bonchev–Trinajstić information content (AvgIpc) is 3.25. The third-order valence-corrected chi connectivity index (χ3v) is 6.72. The lowest BCUT2D eigenvalue weighted by Crippen LogP contribution is -2.44. The van der Waals surface area contributed by atoms with Gasteiger partial charge < -0.3 is 19.9 Å². The highest BCUT2D eigenvalue weighted by atomic mass is 35.5. The van der Waals surface area contributed by atoms with E-state index in [4.69, 9.17) is 16.3 Å². The number of nitrogens with one attached hydrogen (secondary N) is 1. The van der Waals surface area contributed by atoms with Gasteiger partial charge in [-0.3, -0.25) is 4.79 Å². The molecule has 35 heavy (non-hydrogen) atoms. The monoisotopic (exact) mass is 513 g/mol. The maximum absolute atomic E-state index is 13.6. The highest BCUT2D eigenvalue weighted by molar-refractivity contribution is 7.10. The second-order valence-corrected chi connectivity index (χ2v) is 9.61.